The van der Waals surface area contributed by atoms with Gasteiger partial charge in [0.05, 0.1) is 11.0 Å². The third kappa shape index (κ3) is 4.71. The lowest BCUT2D eigenvalue weighted by atomic mass is 9.75. The van der Waals surface area contributed by atoms with Crippen LogP contribution >= 0.6 is 0 Å². The van der Waals surface area contributed by atoms with Gasteiger partial charge in [-0.1, -0.05) is 0 Å². The number of hydrogen-bond donors (Lipinski definition) is 1. The maximum Gasteiger partial charge on any atom is 0.255 e. The van der Waals surface area contributed by atoms with Gasteiger partial charge in [0.25, 0.3) is 5.91 Å². The van der Waals surface area contributed by atoms with Gasteiger partial charge in [-0.2, -0.15) is 0 Å². The molecule has 0 unspecified atom stereocenters. The van der Waals surface area contributed by atoms with E-state index in [2.05, 4.69) is 4.57 Å². The number of amides is 2. The van der Waals surface area contributed by atoms with Crippen LogP contribution in [0.25, 0.3) is 0 Å². The fraction of sp³-hybridized carbons (Fsp3) is 0.700. The molecule has 27 heavy (non-hydrogen) atoms. The maximum absolute atomic E-state index is 13.1. The van der Waals surface area contributed by atoms with Gasteiger partial charge in [-0.05, 0) is 45.6 Å². The first-order valence-corrected chi connectivity index (χ1v) is 9.60. The first-order chi connectivity index (χ1) is 12.9. The third-order valence-corrected chi connectivity index (χ3v) is 5.85. The summed E-state index contributed by atoms with van der Waals surface area (Å²) in [6.45, 7) is 7.12. The predicted molar refractivity (Wildman–Crippen MR) is 104 cm³/mol. The molecular weight excluding hydrogens is 346 g/mol. The van der Waals surface area contributed by atoms with Gasteiger partial charge in [0.1, 0.15) is 0 Å². The molecule has 1 aliphatic rings. The number of carbonyl (C=O) groups excluding carboxylic acids is 2. The predicted octanol–water partition coefficient (Wildman–Crippen LogP) is 1.89. The lowest BCUT2D eigenvalue weighted by Crippen LogP contribution is -2.49. The molecule has 0 saturated carbocycles. The Kier molecular flexibility index (Phi) is 7.44. The molecule has 1 aliphatic heterocycles. The molecule has 0 radical (unpaired) electrons. The molecule has 0 bridgehead atoms. The Morgan fingerprint density at radius 2 is 1.78 bits per heavy atom. The zero-order chi connectivity index (χ0) is 20.0. The van der Waals surface area contributed by atoms with Gasteiger partial charge in [0, 0.05) is 58.5 Å². The van der Waals surface area contributed by atoms with Gasteiger partial charge < -0.3 is 24.7 Å². The summed E-state index contributed by atoms with van der Waals surface area (Å²) in [5, 5.41) is 0. The number of hydrogen-bond acceptors (Lipinski definition) is 4. The van der Waals surface area contributed by atoms with Crippen LogP contribution in [0.2, 0.25) is 0 Å². The Balaban J connectivity index is 2.07. The fourth-order valence-corrected chi connectivity index (χ4v) is 3.95. The van der Waals surface area contributed by atoms with E-state index in [1.54, 1.807) is 14.2 Å². The first kappa shape index (κ1) is 21.4. The van der Waals surface area contributed by atoms with Gasteiger partial charge in [-0.25, -0.2) is 0 Å². The van der Waals surface area contributed by atoms with Crippen LogP contribution < -0.4 is 5.73 Å². The molecule has 0 atom stereocenters. The highest BCUT2D eigenvalue weighted by molar-refractivity contribution is 5.96. The van der Waals surface area contributed by atoms with Crippen molar-refractivity contribution in [2.45, 2.75) is 46.1 Å². The Bertz CT molecular complexity index is 660. The summed E-state index contributed by atoms with van der Waals surface area (Å²) in [7, 11) is 3.31. The van der Waals surface area contributed by atoms with E-state index in [4.69, 9.17) is 15.2 Å². The summed E-state index contributed by atoms with van der Waals surface area (Å²) < 4.78 is 12.4. The van der Waals surface area contributed by atoms with E-state index in [1.165, 1.54) is 0 Å². The Labute approximate surface area is 161 Å². The average Bonchev–Trinajstić information content (AvgIpc) is 2.94. The molecule has 152 valence electrons. The number of primary amides is 1. The van der Waals surface area contributed by atoms with Crippen LogP contribution in [0.15, 0.2) is 6.07 Å². The Morgan fingerprint density at radius 3 is 2.33 bits per heavy atom. The van der Waals surface area contributed by atoms with Crippen LogP contribution in [-0.2, 0) is 20.8 Å². The highest BCUT2D eigenvalue weighted by atomic mass is 16.5. The van der Waals surface area contributed by atoms with Crippen molar-refractivity contribution in [3.05, 3.63) is 23.0 Å². The zero-order valence-corrected chi connectivity index (χ0v) is 17.0. The molecule has 2 heterocycles. The minimum Gasteiger partial charge on any atom is -0.385 e. The van der Waals surface area contributed by atoms with E-state index in [9.17, 15) is 9.59 Å². The molecule has 1 fully saturated rings. The van der Waals surface area contributed by atoms with Crippen LogP contribution in [0.4, 0.5) is 0 Å². The van der Waals surface area contributed by atoms with Crippen molar-refractivity contribution in [2.24, 2.45) is 11.1 Å². The number of rotatable bonds is 9. The molecule has 2 rings (SSSR count). The summed E-state index contributed by atoms with van der Waals surface area (Å²) in [5.74, 6) is -0.256. The van der Waals surface area contributed by atoms with Gasteiger partial charge in [-0.3, -0.25) is 9.59 Å². The second-order valence-electron chi connectivity index (χ2n) is 7.46. The van der Waals surface area contributed by atoms with Crippen LogP contribution in [0.5, 0.6) is 0 Å². The molecule has 1 aromatic heterocycles. The van der Waals surface area contributed by atoms with Crippen molar-refractivity contribution in [1.82, 2.24) is 9.47 Å². The molecule has 1 aromatic rings. The van der Waals surface area contributed by atoms with Crippen molar-refractivity contribution >= 4 is 11.8 Å². The highest BCUT2D eigenvalue weighted by Gasteiger charge is 2.40. The summed E-state index contributed by atoms with van der Waals surface area (Å²) in [6, 6.07) is 1.96. The summed E-state index contributed by atoms with van der Waals surface area (Å²) in [6.07, 6.45) is 2.69. The van der Waals surface area contributed by atoms with Crippen molar-refractivity contribution in [1.29, 1.82) is 0 Å². The number of aryl methyl sites for hydroxylation is 1. The SMILES string of the molecule is COCCCn1c(C)cc(C(=O)N2CCC(CCOC)(C(N)=O)CC2)c1C. The minimum atomic E-state index is -0.566. The third-order valence-electron chi connectivity index (χ3n) is 5.85. The smallest absolute Gasteiger partial charge is 0.255 e. The monoisotopic (exact) mass is 379 g/mol. The van der Waals surface area contributed by atoms with E-state index in [0.717, 1.165) is 29.9 Å². The lowest BCUT2D eigenvalue weighted by molar-refractivity contribution is -0.131. The second-order valence-corrected chi connectivity index (χ2v) is 7.46. The van der Waals surface area contributed by atoms with E-state index >= 15 is 0 Å². The second kappa shape index (κ2) is 9.37. The van der Waals surface area contributed by atoms with Crippen molar-refractivity contribution < 1.29 is 19.1 Å². The number of methoxy groups -OCH3 is 2. The van der Waals surface area contributed by atoms with Crippen molar-refractivity contribution in [3.8, 4) is 0 Å². The maximum atomic E-state index is 13.1. The molecule has 0 aromatic carbocycles. The van der Waals surface area contributed by atoms with E-state index in [1.807, 2.05) is 24.8 Å². The molecule has 0 aliphatic carbocycles. The standard InChI is InChI=1S/C20H33N3O4/c1-15-14-17(16(2)23(15)9-5-12-26-3)18(24)22-10-6-20(7-11-22,19(21)25)8-13-27-4/h14H,5-13H2,1-4H3,(H2,21,25). The zero-order valence-electron chi connectivity index (χ0n) is 17.0. The summed E-state index contributed by atoms with van der Waals surface area (Å²) in [4.78, 5) is 26.9. The van der Waals surface area contributed by atoms with Crippen molar-refractivity contribution in [3.63, 3.8) is 0 Å². The molecule has 7 nitrogen and oxygen atoms in total. The number of piperidine rings is 1. The number of nitrogens with two attached hydrogens (primary N) is 1. The molecule has 2 N–H and O–H groups in total. The molecule has 7 heteroatoms. The number of carbonyl (C=O) groups is 2. The summed E-state index contributed by atoms with van der Waals surface area (Å²) >= 11 is 0. The normalized spacial score (nSPS) is 16.5. The van der Waals surface area contributed by atoms with Crippen LogP contribution in [0.3, 0.4) is 0 Å². The van der Waals surface area contributed by atoms with Crippen LogP contribution in [-0.4, -0.2) is 61.8 Å². The van der Waals surface area contributed by atoms with Gasteiger partial charge >= 0.3 is 0 Å². The minimum absolute atomic E-state index is 0.0332. The summed E-state index contributed by atoms with van der Waals surface area (Å²) in [5.41, 5.74) is 7.91. The van der Waals surface area contributed by atoms with Crippen LogP contribution in [0, 0.1) is 19.3 Å². The largest absolute Gasteiger partial charge is 0.385 e. The van der Waals surface area contributed by atoms with E-state index < -0.39 is 5.41 Å². The van der Waals surface area contributed by atoms with Crippen molar-refractivity contribution in [2.75, 3.05) is 40.5 Å². The average molecular weight is 380 g/mol. The van der Waals surface area contributed by atoms with Gasteiger partial charge in [0.15, 0.2) is 0 Å². The molecular formula is C20H33N3O4. The Hall–Kier alpha value is -1.86. The number of nitrogens with zero attached hydrogens (tertiary/aromatic N) is 2. The van der Waals surface area contributed by atoms with Gasteiger partial charge in [-0.15, -0.1) is 0 Å². The number of likely N-dealkylation sites (tertiary alicyclic amines) is 1. The van der Waals surface area contributed by atoms with Crippen LogP contribution in [0.1, 0.15) is 47.4 Å². The van der Waals surface area contributed by atoms with Gasteiger partial charge in [0.2, 0.25) is 5.91 Å². The van der Waals surface area contributed by atoms with E-state index in [-0.39, 0.29) is 11.8 Å². The number of aromatic nitrogens is 1. The Morgan fingerprint density at radius 1 is 1.15 bits per heavy atom. The molecule has 2 amide bonds. The molecule has 1 saturated heterocycles. The topological polar surface area (TPSA) is 86.8 Å². The number of ether oxygens (including phenoxy) is 2. The fourth-order valence-electron chi connectivity index (χ4n) is 3.95. The lowest BCUT2D eigenvalue weighted by Gasteiger charge is -2.39. The highest BCUT2D eigenvalue weighted by Crippen LogP contribution is 2.35. The first-order valence-electron chi connectivity index (χ1n) is 9.60. The van der Waals surface area contributed by atoms with E-state index in [0.29, 0.717) is 45.6 Å². The quantitative estimate of drug-likeness (QED) is 0.664. The molecule has 0 spiro atoms.